The summed E-state index contributed by atoms with van der Waals surface area (Å²) in [5, 5.41) is 18.0. The maximum Gasteiger partial charge on any atom is 0.330 e. The first-order valence-corrected chi connectivity index (χ1v) is 6.29. The van der Waals surface area contributed by atoms with Crippen LogP contribution in [0.25, 0.3) is 0 Å². The average molecular weight is 321 g/mol. The van der Waals surface area contributed by atoms with Crippen LogP contribution >= 0.6 is 15.9 Å². The van der Waals surface area contributed by atoms with Crippen LogP contribution < -0.4 is 11.2 Å². The highest BCUT2D eigenvalue weighted by atomic mass is 79.9. The van der Waals surface area contributed by atoms with Crippen molar-refractivity contribution in [1.29, 1.82) is 0 Å². The van der Waals surface area contributed by atoms with Crippen LogP contribution in [0.4, 0.5) is 0 Å². The molecule has 1 aromatic rings. The first-order chi connectivity index (χ1) is 8.40. The molecule has 0 bridgehead atoms. The standard InChI is InChI=1S/C10H13BrN2O5/c1-4-3-13(10(17)12-9(4)16)6-2-5(14)7(18-6)8(11)15/h3,5-8,14-15H,2H2,1H3,(H,12,16,17)/t5-,6+,7-,8?/m0/s1. The second kappa shape index (κ2) is 4.96. The first-order valence-electron chi connectivity index (χ1n) is 5.38. The minimum absolute atomic E-state index is 0.165. The molecule has 3 N–H and O–H groups in total. The predicted molar refractivity (Wildman–Crippen MR) is 65.5 cm³/mol. The molecule has 8 heteroatoms. The van der Waals surface area contributed by atoms with Gasteiger partial charge < -0.3 is 14.9 Å². The molecule has 0 aliphatic carbocycles. The van der Waals surface area contributed by atoms with E-state index in [0.29, 0.717) is 5.56 Å². The SMILES string of the molecule is Cc1cn([C@H]2C[C@H](O)[C@@H](C(O)Br)O2)c(=O)[nH]c1=O. The summed E-state index contributed by atoms with van der Waals surface area (Å²) in [6.45, 7) is 1.57. The van der Waals surface area contributed by atoms with Crippen LogP contribution in [0.5, 0.6) is 0 Å². The van der Waals surface area contributed by atoms with E-state index in [1.807, 2.05) is 0 Å². The molecular weight excluding hydrogens is 308 g/mol. The molecule has 1 aromatic heterocycles. The summed E-state index contributed by atoms with van der Waals surface area (Å²) >= 11 is 2.91. The third kappa shape index (κ3) is 2.41. The number of ether oxygens (including phenoxy) is 1. The molecule has 1 fully saturated rings. The molecule has 2 heterocycles. The zero-order chi connectivity index (χ0) is 13.4. The van der Waals surface area contributed by atoms with E-state index in [4.69, 9.17) is 4.74 Å². The highest BCUT2D eigenvalue weighted by Crippen LogP contribution is 2.30. The Labute approximate surface area is 110 Å². The molecule has 0 spiro atoms. The Morgan fingerprint density at radius 3 is 2.83 bits per heavy atom. The summed E-state index contributed by atoms with van der Waals surface area (Å²) in [5.74, 6) is 0. The van der Waals surface area contributed by atoms with E-state index in [-0.39, 0.29) is 6.42 Å². The lowest BCUT2D eigenvalue weighted by Gasteiger charge is -2.17. The molecule has 0 aromatic carbocycles. The van der Waals surface area contributed by atoms with E-state index < -0.39 is 34.7 Å². The second-order valence-corrected chi connectivity index (χ2v) is 5.15. The third-order valence-electron chi connectivity index (χ3n) is 2.86. The van der Waals surface area contributed by atoms with Gasteiger partial charge in [0.05, 0.1) is 6.10 Å². The van der Waals surface area contributed by atoms with Crippen molar-refractivity contribution in [3.63, 3.8) is 0 Å². The topological polar surface area (TPSA) is 105 Å². The van der Waals surface area contributed by atoms with Crippen LogP contribution in [-0.2, 0) is 4.74 Å². The molecule has 2 rings (SSSR count). The summed E-state index contributed by atoms with van der Waals surface area (Å²) in [5.41, 5.74) is -0.685. The van der Waals surface area contributed by atoms with Crippen LogP contribution in [0, 0.1) is 6.92 Å². The fraction of sp³-hybridized carbons (Fsp3) is 0.600. The van der Waals surface area contributed by atoms with Crippen molar-refractivity contribution in [3.05, 3.63) is 32.6 Å². The van der Waals surface area contributed by atoms with Gasteiger partial charge in [0.15, 0.2) is 0 Å². The molecule has 1 aliphatic rings. The van der Waals surface area contributed by atoms with Gasteiger partial charge in [0, 0.05) is 18.2 Å². The molecule has 1 aliphatic heterocycles. The number of nitrogens with zero attached hydrogens (tertiary/aromatic N) is 1. The molecule has 1 unspecified atom stereocenters. The van der Waals surface area contributed by atoms with E-state index in [9.17, 15) is 19.8 Å². The lowest BCUT2D eigenvalue weighted by Crippen LogP contribution is -2.34. The molecule has 0 saturated carbocycles. The van der Waals surface area contributed by atoms with Crippen LogP contribution in [0.3, 0.4) is 0 Å². The smallest absolute Gasteiger partial charge is 0.330 e. The van der Waals surface area contributed by atoms with Gasteiger partial charge in [-0.05, 0) is 6.92 Å². The van der Waals surface area contributed by atoms with Crippen LogP contribution in [0.15, 0.2) is 15.8 Å². The molecule has 7 nitrogen and oxygen atoms in total. The number of hydrogen-bond acceptors (Lipinski definition) is 5. The Morgan fingerprint density at radius 1 is 1.61 bits per heavy atom. The summed E-state index contributed by atoms with van der Waals surface area (Å²) in [4.78, 5) is 25.0. The van der Waals surface area contributed by atoms with E-state index in [1.165, 1.54) is 10.8 Å². The zero-order valence-electron chi connectivity index (χ0n) is 9.54. The summed E-state index contributed by atoms with van der Waals surface area (Å²) in [7, 11) is 0. The van der Waals surface area contributed by atoms with Crippen LogP contribution in [0.2, 0.25) is 0 Å². The van der Waals surface area contributed by atoms with Crippen molar-refractivity contribution in [2.24, 2.45) is 0 Å². The average Bonchev–Trinajstić information content (AvgIpc) is 2.65. The number of aliphatic hydroxyl groups excluding tert-OH is 2. The van der Waals surface area contributed by atoms with Gasteiger partial charge in [-0.2, -0.15) is 0 Å². The van der Waals surface area contributed by atoms with Crippen LogP contribution in [-0.4, -0.2) is 37.0 Å². The van der Waals surface area contributed by atoms with Crippen molar-refractivity contribution >= 4 is 15.9 Å². The molecule has 1 saturated heterocycles. The third-order valence-corrected chi connectivity index (χ3v) is 3.38. The van der Waals surface area contributed by atoms with Gasteiger partial charge >= 0.3 is 5.69 Å². The Kier molecular flexibility index (Phi) is 3.71. The van der Waals surface area contributed by atoms with Gasteiger partial charge in [-0.3, -0.25) is 14.3 Å². The van der Waals surface area contributed by atoms with Gasteiger partial charge in [0.25, 0.3) is 5.56 Å². The fourth-order valence-corrected chi connectivity index (χ4v) is 2.37. The number of rotatable bonds is 2. The highest BCUT2D eigenvalue weighted by Gasteiger charge is 2.38. The molecule has 0 amide bonds. The monoisotopic (exact) mass is 320 g/mol. The number of alkyl halides is 1. The Hall–Kier alpha value is -0.960. The molecular formula is C10H13BrN2O5. The molecule has 18 heavy (non-hydrogen) atoms. The normalized spacial score (nSPS) is 29.4. The number of hydrogen-bond donors (Lipinski definition) is 3. The van der Waals surface area contributed by atoms with Gasteiger partial charge in [0.2, 0.25) is 0 Å². The van der Waals surface area contributed by atoms with Crippen molar-refractivity contribution in [2.75, 3.05) is 0 Å². The lowest BCUT2D eigenvalue weighted by molar-refractivity contribution is -0.0545. The predicted octanol–water partition coefficient (Wildman–Crippen LogP) is -0.793. The Balaban J connectivity index is 2.32. The summed E-state index contributed by atoms with van der Waals surface area (Å²) in [6.07, 6.45) is -0.863. The quantitative estimate of drug-likeness (QED) is 0.619. The second-order valence-electron chi connectivity index (χ2n) is 4.21. The number of aromatic amines is 1. The minimum Gasteiger partial charge on any atom is -0.390 e. The van der Waals surface area contributed by atoms with Gasteiger partial charge in [-0.25, -0.2) is 4.79 Å². The Bertz CT molecular complexity index is 552. The number of H-pyrrole nitrogens is 1. The van der Waals surface area contributed by atoms with Crippen molar-refractivity contribution < 1.29 is 14.9 Å². The van der Waals surface area contributed by atoms with Gasteiger partial charge in [0.1, 0.15) is 17.3 Å². The fourth-order valence-electron chi connectivity index (χ4n) is 1.90. The number of aromatic nitrogens is 2. The van der Waals surface area contributed by atoms with E-state index >= 15 is 0 Å². The number of aliphatic hydroxyl groups is 2. The zero-order valence-corrected chi connectivity index (χ0v) is 11.1. The van der Waals surface area contributed by atoms with Gasteiger partial charge in [-0.15, -0.1) is 0 Å². The lowest BCUT2D eigenvalue weighted by atomic mass is 10.2. The maximum atomic E-state index is 11.6. The number of halogens is 1. The van der Waals surface area contributed by atoms with E-state index in [0.717, 1.165) is 0 Å². The maximum absolute atomic E-state index is 11.6. The largest absolute Gasteiger partial charge is 0.390 e. The summed E-state index contributed by atoms with van der Waals surface area (Å²) < 4.78 is 6.59. The highest BCUT2D eigenvalue weighted by molar-refractivity contribution is 9.09. The molecule has 100 valence electrons. The minimum atomic E-state index is -1.02. The van der Waals surface area contributed by atoms with Crippen LogP contribution in [0.1, 0.15) is 18.2 Å². The van der Waals surface area contributed by atoms with Gasteiger partial charge in [-0.1, -0.05) is 15.9 Å². The van der Waals surface area contributed by atoms with Crippen molar-refractivity contribution in [2.45, 2.75) is 36.8 Å². The van der Waals surface area contributed by atoms with Crippen molar-refractivity contribution in [3.8, 4) is 0 Å². The molecule has 4 atom stereocenters. The van der Waals surface area contributed by atoms with Crippen molar-refractivity contribution in [1.82, 2.24) is 9.55 Å². The Morgan fingerprint density at radius 2 is 2.28 bits per heavy atom. The van der Waals surface area contributed by atoms with E-state index in [1.54, 1.807) is 6.92 Å². The first kappa shape index (κ1) is 13.5. The number of nitrogens with one attached hydrogen (secondary N) is 1. The van der Waals surface area contributed by atoms with E-state index in [2.05, 4.69) is 20.9 Å². The summed E-state index contributed by atoms with van der Waals surface area (Å²) in [6, 6.07) is 0. The molecule has 0 radical (unpaired) electrons. The number of aryl methyl sites for hydroxylation is 1.